The van der Waals surface area contributed by atoms with Crippen LogP contribution in [0.4, 0.5) is 0 Å². The molecule has 1 saturated heterocycles. The summed E-state index contributed by atoms with van der Waals surface area (Å²) in [6.45, 7) is 3.17. The van der Waals surface area contributed by atoms with Gasteiger partial charge in [-0.15, -0.1) is 35.7 Å². The third kappa shape index (κ3) is 6.42. The molecule has 0 amide bonds. The van der Waals surface area contributed by atoms with Crippen LogP contribution >= 0.6 is 35.7 Å². The Morgan fingerprint density at radius 3 is 2.62 bits per heavy atom. The molecular formula is C17H28IN3O2S. The average Bonchev–Trinajstić information content (AvgIpc) is 3.05. The second kappa shape index (κ2) is 11.2. The molecule has 0 saturated carbocycles. The summed E-state index contributed by atoms with van der Waals surface area (Å²) in [4.78, 5) is 5.54. The lowest BCUT2D eigenvalue weighted by atomic mass is 9.84. The molecule has 1 aromatic rings. The number of nitrogens with zero attached hydrogens (tertiary/aromatic N) is 1. The zero-order chi connectivity index (χ0) is 16.5. The number of hydrogen-bond donors (Lipinski definition) is 3. The third-order valence-corrected chi connectivity index (χ3v) is 5.04. The number of aliphatic imine (C=N–C) groups is 1. The van der Waals surface area contributed by atoms with Crippen LogP contribution in [0.15, 0.2) is 34.2 Å². The molecule has 0 spiro atoms. The normalized spacial score (nSPS) is 20.5. The van der Waals surface area contributed by atoms with Crippen molar-refractivity contribution in [3.05, 3.63) is 29.8 Å². The largest absolute Gasteiger partial charge is 0.396 e. The van der Waals surface area contributed by atoms with Crippen LogP contribution in [0.5, 0.6) is 0 Å². The Bertz CT molecular complexity index is 505. The van der Waals surface area contributed by atoms with Gasteiger partial charge >= 0.3 is 0 Å². The summed E-state index contributed by atoms with van der Waals surface area (Å²) in [5.74, 6) is 0.781. The Hall–Kier alpha value is -0.510. The number of aliphatic hydroxyl groups is 1. The molecule has 24 heavy (non-hydrogen) atoms. The molecule has 1 heterocycles. The number of rotatable bonds is 7. The highest BCUT2D eigenvalue weighted by Crippen LogP contribution is 2.31. The topological polar surface area (TPSA) is 65.9 Å². The van der Waals surface area contributed by atoms with Gasteiger partial charge in [-0.05, 0) is 36.8 Å². The Balaban J connectivity index is 0.00000288. The van der Waals surface area contributed by atoms with Crippen molar-refractivity contribution in [2.24, 2.45) is 10.4 Å². The monoisotopic (exact) mass is 465 g/mol. The fraction of sp³-hybridized carbons (Fsp3) is 0.588. The molecule has 136 valence electrons. The van der Waals surface area contributed by atoms with Crippen molar-refractivity contribution in [1.82, 2.24) is 10.6 Å². The SMILES string of the molecule is CN=C(NCc1ccc(SC)cc1)NCC1(CCO)CCOC1.I. The smallest absolute Gasteiger partial charge is 0.191 e. The minimum atomic E-state index is 0. The fourth-order valence-corrected chi connectivity index (χ4v) is 3.14. The summed E-state index contributed by atoms with van der Waals surface area (Å²) in [5, 5.41) is 16.0. The van der Waals surface area contributed by atoms with Crippen molar-refractivity contribution in [2.45, 2.75) is 24.3 Å². The van der Waals surface area contributed by atoms with Gasteiger partial charge in [-0.2, -0.15) is 0 Å². The van der Waals surface area contributed by atoms with E-state index in [1.165, 1.54) is 10.5 Å². The van der Waals surface area contributed by atoms with Crippen LogP contribution in [0.2, 0.25) is 0 Å². The summed E-state index contributed by atoms with van der Waals surface area (Å²) >= 11 is 1.74. The van der Waals surface area contributed by atoms with Gasteiger partial charge in [0.25, 0.3) is 0 Å². The van der Waals surface area contributed by atoms with E-state index in [9.17, 15) is 5.11 Å². The lowest BCUT2D eigenvalue weighted by Gasteiger charge is -2.27. The lowest BCUT2D eigenvalue weighted by Crippen LogP contribution is -2.44. The molecule has 1 aromatic carbocycles. The van der Waals surface area contributed by atoms with E-state index in [-0.39, 0.29) is 36.0 Å². The van der Waals surface area contributed by atoms with E-state index in [1.54, 1.807) is 18.8 Å². The first-order valence-electron chi connectivity index (χ1n) is 7.97. The highest BCUT2D eigenvalue weighted by Gasteiger charge is 2.34. The van der Waals surface area contributed by atoms with E-state index in [2.05, 4.69) is 46.1 Å². The molecule has 1 aliphatic heterocycles. The standard InChI is InChI=1S/C17H27N3O2S.HI/c1-18-16(19-11-14-3-5-15(23-2)6-4-14)20-12-17(7-9-21)8-10-22-13-17;/h3-6,21H,7-13H2,1-2H3,(H2,18,19,20);1H. The van der Waals surface area contributed by atoms with Gasteiger partial charge in [0.1, 0.15) is 0 Å². The number of nitrogens with one attached hydrogen (secondary N) is 2. The van der Waals surface area contributed by atoms with Gasteiger partial charge in [-0.1, -0.05) is 12.1 Å². The molecule has 5 nitrogen and oxygen atoms in total. The first-order valence-corrected chi connectivity index (χ1v) is 9.20. The molecule has 1 unspecified atom stereocenters. The van der Waals surface area contributed by atoms with E-state index < -0.39 is 0 Å². The molecule has 1 atom stereocenters. The summed E-state index contributed by atoms with van der Waals surface area (Å²) < 4.78 is 5.52. The van der Waals surface area contributed by atoms with Crippen LogP contribution in [0.3, 0.4) is 0 Å². The maximum atomic E-state index is 9.28. The number of ether oxygens (including phenoxy) is 1. The van der Waals surface area contributed by atoms with Crippen LogP contribution < -0.4 is 10.6 Å². The molecule has 3 N–H and O–H groups in total. The number of hydrogen-bond acceptors (Lipinski definition) is 4. The van der Waals surface area contributed by atoms with E-state index in [4.69, 9.17) is 4.74 Å². The molecule has 0 bridgehead atoms. The van der Waals surface area contributed by atoms with Crippen LogP contribution in [-0.4, -0.2) is 50.7 Å². The number of halogens is 1. The van der Waals surface area contributed by atoms with Crippen LogP contribution in [0, 0.1) is 5.41 Å². The average molecular weight is 465 g/mol. The molecule has 0 aliphatic carbocycles. The predicted molar refractivity (Wildman–Crippen MR) is 111 cm³/mol. The first kappa shape index (κ1) is 21.5. The zero-order valence-electron chi connectivity index (χ0n) is 14.4. The van der Waals surface area contributed by atoms with E-state index in [0.717, 1.165) is 38.5 Å². The molecule has 7 heteroatoms. The van der Waals surface area contributed by atoms with Crippen molar-refractivity contribution in [1.29, 1.82) is 0 Å². The van der Waals surface area contributed by atoms with Crippen molar-refractivity contribution >= 4 is 41.7 Å². The number of guanidine groups is 1. The van der Waals surface area contributed by atoms with Crippen molar-refractivity contribution in [3.8, 4) is 0 Å². The molecule has 1 aliphatic rings. The Kier molecular flexibility index (Phi) is 10.0. The van der Waals surface area contributed by atoms with E-state index in [1.807, 2.05) is 0 Å². The summed E-state index contributed by atoms with van der Waals surface area (Å²) in [6.07, 6.45) is 3.81. The predicted octanol–water partition coefficient (Wildman–Crippen LogP) is 2.48. The molecular weight excluding hydrogens is 437 g/mol. The molecule has 0 aromatic heterocycles. The highest BCUT2D eigenvalue weighted by molar-refractivity contribution is 14.0. The second-order valence-corrected chi connectivity index (χ2v) is 6.78. The van der Waals surface area contributed by atoms with Crippen molar-refractivity contribution < 1.29 is 9.84 Å². The fourth-order valence-electron chi connectivity index (χ4n) is 2.73. The Morgan fingerprint density at radius 2 is 2.08 bits per heavy atom. The molecule has 2 rings (SSSR count). The summed E-state index contributed by atoms with van der Waals surface area (Å²) in [6, 6.07) is 8.52. The maximum absolute atomic E-state index is 9.28. The summed E-state index contributed by atoms with van der Waals surface area (Å²) in [5.41, 5.74) is 1.24. The molecule has 1 fully saturated rings. The minimum absolute atomic E-state index is 0. The number of aliphatic hydroxyl groups excluding tert-OH is 1. The van der Waals surface area contributed by atoms with E-state index >= 15 is 0 Å². The van der Waals surface area contributed by atoms with Gasteiger partial charge in [0, 0.05) is 43.7 Å². The van der Waals surface area contributed by atoms with Gasteiger partial charge in [-0.3, -0.25) is 4.99 Å². The van der Waals surface area contributed by atoms with Gasteiger partial charge in [0.2, 0.25) is 0 Å². The van der Waals surface area contributed by atoms with Crippen molar-refractivity contribution in [2.75, 3.05) is 39.7 Å². The highest BCUT2D eigenvalue weighted by atomic mass is 127. The Labute approximate surface area is 166 Å². The summed E-state index contributed by atoms with van der Waals surface area (Å²) in [7, 11) is 1.77. The molecule has 0 radical (unpaired) electrons. The van der Waals surface area contributed by atoms with Crippen molar-refractivity contribution in [3.63, 3.8) is 0 Å². The van der Waals surface area contributed by atoms with Crippen LogP contribution in [-0.2, 0) is 11.3 Å². The third-order valence-electron chi connectivity index (χ3n) is 4.30. The minimum Gasteiger partial charge on any atom is -0.396 e. The van der Waals surface area contributed by atoms with Gasteiger partial charge < -0.3 is 20.5 Å². The number of benzene rings is 1. The first-order chi connectivity index (χ1) is 11.2. The Morgan fingerprint density at radius 1 is 1.33 bits per heavy atom. The quantitative estimate of drug-likeness (QED) is 0.250. The second-order valence-electron chi connectivity index (χ2n) is 5.90. The van der Waals surface area contributed by atoms with Gasteiger partial charge in [0.05, 0.1) is 6.61 Å². The van der Waals surface area contributed by atoms with Gasteiger partial charge in [0.15, 0.2) is 5.96 Å². The number of thioether (sulfide) groups is 1. The van der Waals surface area contributed by atoms with Gasteiger partial charge in [-0.25, -0.2) is 0 Å². The zero-order valence-corrected chi connectivity index (χ0v) is 17.5. The van der Waals surface area contributed by atoms with E-state index in [0.29, 0.717) is 6.61 Å². The van der Waals surface area contributed by atoms with Crippen LogP contribution in [0.25, 0.3) is 0 Å². The lowest BCUT2D eigenvalue weighted by molar-refractivity contribution is 0.127. The maximum Gasteiger partial charge on any atom is 0.191 e. The van der Waals surface area contributed by atoms with Crippen LogP contribution in [0.1, 0.15) is 18.4 Å².